The Morgan fingerprint density at radius 1 is 1.35 bits per heavy atom. The largest absolute Gasteiger partial charge is 0.497 e. The van der Waals surface area contributed by atoms with Crippen molar-refractivity contribution in [1.29, 1.82) is 0 Å². The SMILES string of the molecule is CCC(C)C(O)CNC/C(C)=C/c1ccc(OC)cc1. The molecule has 0 heterocycles. The molecule has 1 aromatic carbocycles. The van der Waals surface area contributed by atoms with E-state index >= 15 is 0 Å². The van der Waals surface area contributed by atoms with E-state index < -0.39 is 0 Å². The number of aliphatic hydroxyl groups excluding tert-OH is 1. The first-order valence-corrected chi connectivity index (χ1v) is 7.26. The van der Waals surface area contributed by atoms with E-state index in [-0.39, 0.29) is 6.10 Å². The van der Waals surface area contributed by atoms with Gasteiger partial charge >= 0.3 is 0 Å². The van der Waals surface area contributed by atoms with Gasteiger partial charge in [-0.05, 0) is 30.5 Å². The third-order valence-electron chi connectivity index (χ3n) is 3.59. The zero-order valence-corrected chi connectivity index (χ0v) is 13.0. The summed E-state index contributed by atoms with van der Waals surface area (Å²) < 4.78 is 5.14. The predicted octanol–water partition coefficient (Wildman–Crippen LogP) is 3.10. The van der Waals surface area contributed by atoms with Crippen molar-refractivity contribution >= 4 is 6.08 Å². The quantitative estimate of drug-likeness (QED) is 0.767. The monoisotopic (exact) mass is 277 g/mol. The highest BCUT2D eigenvalue weighted by Crippen LogP contribution is 2.13. The molecule has 112 valence electrons. The van der Waals surface area contributed by atoms with Crippen molar-refractivity contribution < 1.29 is 9.84 Å². The third kappa shape index (κ3) is 5.76. The molecule has 0 aliphatic carbocycles. The smallest absolute Gasteiger partial charge is 0.118 e. The number of rotatable bonds is 8. The van der Waals surface area contributed by atoms with Crippen LogP contribution in [0.2, 0.25) is 0 Å². The summed E-state index contributed by atoms with van der Waals surface area (Å²) >= 11 is 0. The molecule has 0 fully saturated rings. The van der Waals surface area contributed by atoms with Crippen LogP contribution in [-0.4, -0.2) is 31.4 Å². The molecule has 0 spiro atoms. The van der Waals surface area contributed by atoms with E-state index in [1.165, 1.54) is 5.57 Å². The highest BCUT2D eigenvalue weighted by atomic mass is 16.5. The van der Waals surface area contributed by atoms with Gasteiger partial charge < -0.3 is 15.2 Å². The van der Waals surface area contributed by atoms with Gasteiger partial charge in [-0.15, -0.1) is 0 Å². The Labute approximate surface area is 122 Å². The lowest BCUT2D eigenvalue weighted by Gasteiger charge is -2.17. The van der Waals surface area contributed by atoms with Crippen molar-refractivity contribution in [3.05, 3.63) is 35.4 Å². The Kier molecular flexibility index (Phi) is 7.34. The van der Waals surface area contributed by atoms with E-state index in [0.717, 1.165) is 24.3 Å². The Morgan fingerprint density at radius 3 is 2.55 bits per heavy atom. The molecule has 1 aromatic rings. The van der Waals surface area contributed by atoms with E-state index in [1.54, 1.807) is 7.11 Å². The van der Waals surface area contributed by atoms with E-state index in [9.17, 15) is 5.11 Å². The number of aliphatic hydroxyl groups is 1. The fourth-order valence-electron chi connectivity index (χ4n) is 1.93. The molecule has 2 atom stereocenters. The molecule has 0 radical (unpaired) electrons. The zero-order chi connectivity index (χ0) is 15.0. The van der Waals surface area contributed by atoms with Crippen LogP contribution in [0.4, 0.5) is 0 Å². The minimum absolute atomic E-state index is 0.270. The second-order valence-electron chi connectivity index (χ2n) is 5.35. The van der Waals surface area contributed by atoms with Crippen LogP contribution in [0, 0.1) is 5.92 Å². The van der Waals surface area contributed by atoms with Gasteiger partial charge in [-0.3, -0.25) is 0 Å². The van der Waals surface area contributed by atoms with E-state index in [4.69, 9.17) is 4.74 Å². The molecule has 0 aromatic heterocycles. The van der Waals surface area contributed by atoms with Crippen molar-refractivity contribution in [2.75, 3.05) is 20.2 Å². The molecule has 1 rings (SSSR count). The van der Waals surface area contributed by atoms with Gasteiger partial charge in [-0.25, -0.2) is 0 Å². The van der Waals surface area contributed by atoms with Crippen LogP contribution in [-0.2, 0) is 0 Å². The van der Waals surface area contributed by atoms with Crippen molar-refractivity contribution in [1.82, 2.24) is 5.32 Å². The predicted molar refractivity (Wildman–Crippen MR) is 85.0 cm³/mol. The lowest BCUT2D eigenvalue weighted by atomic mass is 10.0. The number of hydrogen-bond donors (Lipinski definition) is 2. The van der Waals surface area contributed by atoms with Crippen LogP contribution in [0.25, 0.3) is 6.08 Å². The summed E-state index contributed by atoms with van der Waals surface area (Å²) in [5, 5.41) is 13.2. The molecule has 0 bridgehead atoms. The Bertz CT molecular complexity index is 412. The highest BCUT2D eigenvalue weighted by molar-refractivity contribution is 5.53. The molecule has 0 aliphatic heterocycles. The maximum Gasteiger partial charge on any atom is 0.118 e. The Hall–Kier alpha value is -1.32. The van der Waals surface area contributed by atoms with Crippen molar-refractivity contribution in [3.63, 3.8) is 0 Å². The summed E-state index contributed by atoms with van der Waals surface area (Å²) in [7, 11) is 1.67. The topological polar surface area (TPSA) is 41.5 Å². The van der Waals surface area contributed by atoms with Crippen LogP contribution in [0.3, 0.4) is 0 Å². The van der Waals surface area contributed by atoms with E-state index in [2.05, 4.69) is 32.2 Å². The van der Waals surface area contributed by atoms with E-state index in [1.807, 2.05) is 24.3 Å². The normalized spacial score (nSPS) is 14.9. The maximum absolute atomic E-state index is 9.88. The number of benzene rings is 1. The fraction of sp³-hybridized carbons (Fsp3) is 0.529. The Morgan fingerprint density at radius 2 is 2.00 bits per heavy atom. The zero-order valence-electron chi connectivity index (χ0n) is 13.0. The molecular formula is C17H27NO2. The third-order valence-corrected chi connectivity index (χ3v) is 3.59. The van der Waals surface area contributed by atoms with Gasteiger partial charge in [0.15, 0.2) is 0 Å². The molecule has 3 nitrogen and oxygen atoms in total. The molecule has 3 heteroatoms. The van der Waals surface area contributed by atoms with Gasteiger partial charge in [0.05, 0.1) is 13.2 Å². The summed E-state index contributed by atoms with van der Waals surface area (Å²) in [6.45, 7) is 7.70. The second-order valence-corrected chi connectivity index (χ2v) is 5.35. The summed E-state index contributed by atoms with van der Waals surface area (Å²) in [5.41, 5.74) is 2.40. The first kappa shape index (κ1) is 16.7. The number of hydrogen-bond acceptors (Lipinski definition) is 3. The van der Waals surface area contributed by atoms with Gasteiger partial charge in [0.25, 0.3) is 0 Å². The molecule has 2 unspecified atom stereocenters. The lowest BCUT2D eigenvalue weighted by Crippen LogP contribution is -2.32. The lowest BCUT2D eigenvalue weighted by molar-refractivity contribution is 0.114. The maximum atomic E-state index is 9.88. The summed E-state index contributed by atoms with van der Waals surface area (Å²) in [6.07, 6.45) is 2.87. The second kappa shape index (κ2) is 8.77. The molecular weight excluding hydrogens is 250 g/mol. The van der Waals surface area contributed by atoms with Gasteiger partial charge in [-0.1, -0.05) is 44.1 Å². The highest BCUT2D eigenvalue weighted by Gasteiger charge is 2.10. The number of ether oxygens (including phenoxy) is 1. The molecule has 2 N–H and O–H groups in total. The average molecular weight is 277 g/mol. The molecule has 0 amide bonds. The minimum atomic E-state index is -0.270. The summed E-state index contributed by atoms with van der Waals surface area (Å²) in [4.78, 5) is 0. The van der Waals surface area contributed by atoms with Gasteiger partial charge in [0.2, 0.25) is 0 Å². The van der Waals surface area contributed by atoms with Crippen molar-refractivity contribution in [2.24, 2.45) is 5.92 Å². The fourth-order valence-corrected chi connectivity index (χ4v) is 1.93. The molecule has 0 aliphatic rings. The summed E-state index contributed by atoms with van der Waals surface area (Å²) in [5.74, 6) is 1.21. The van der Waals surface area contributed by atoms with Gasteiger partial charge in [0, 0.05) is 13.1 Å². The first-order valence-electron chi connectivity index (χ1n) is 7.26. The van der Waals surface area contributed by atoms with Crippen LogP contribution in [0.1, 0.15) is 32.8 Å². The molecule has 0 saturated heterocycles. The van der Waals surface area contributed by atoms with Crippen molar-refractivity contribution in [2.45, 2.75) is 33.3 Å². The van der Waals surface area contributed by atoms with Crippen molar-refractivity contribution in [3.8, 4) is 5.75 Å². The van der Waals surface area contributed by atoms with Crippen LogP contribution in [0.15, 0.2) is 29.8 Å². The molecule has 0 saturated carbocycles. The van der Waals surface area contributed by atoms with Gasteiger partial charge in [0.1, 0.15) is 5.75 Å². The summed E-state index contributed by atoms with van der Waals surface area (Å²) in [6, 6.07) is 7.99. The molecule has 20 heavy (non-hydrogen) atoms. The average Bonchev–Trinajstić information content (AvgIpc) is 2.47. The van der Waals surface area contributed by atoms with Gasteiger partial charge in [-0.2, -0.15) is 0 Å². The van der Waals surface area contributed by atoms with E-state index in [0.29, 0.717) is 12.5 Å². The first-order chi connectivity index (χ1) is 9.56. The Balaban J connectivity index is 2.41. The minimum Gasteiger partial charge on any atom is -0.497 e. The number of methoxy groups -OCH3 is 1. The standard InChI is InChI=1S/C17H27NO2/c1-5-14(3)17(19)12-18-11-13(2)10-15-6-8-16(20-4)9-7-15/h6-10,14,17-19H,5,11-12H2,1-4H3/b13-10+. The van der Waals surface area contributed by atoms with Crippen LogP contribution in [0.5, 0.6) is 5.75 Å². The van der Waals surface area contributed by atoms with Crippen LogP contribution >= 0.6 is 0 Å². The number of nitrogens with one attached hydrogen (secondary N) is 1. The van der Waals surface area contributed by atoms with Crippen LogP contribution < -0.4 is 10.1 Å².